The summed E-state index contributed by atoms with van der Waals surface area (Å²) in [7, 11) is 0. The Morgan fingerprint density at radius 2 is 2.11 bits per heavy atom. The number of carboxylic acids is 1. The van der Waals surface area contributed by atoms with Crippen molar-refractivity contribution in [2.24, 2.45) is 0 Å². The van der Waals surface area contributed by atoms with Gasteiger partial charge < -0.3 is 10.4 Å². The second kappa shape index (κ2) is 5.67. The van der Waals surface area contributed by atoms with Gasteiger partial charge in [0.05, 0.1) is 0 Å². The molecule has 0 heterocycles. The normalized spacial score (nSPS) is 17.9. The van der Waals surface area contributed by atoms with Gasteiger partial charge in [-0.1, -0.05) is 24.3 Å². The van der Waals surface area contributed by atoms with Crippen molar-refractivity contribution in [3.8, 4) is 0 Å². The molecule has 1 aliphatic rings. The van der Waals surface area contributed by atoms with Gasteiger partial charge >= 0.3 is 5.97 Å². The van der Waals surface area contributed by atoms with E-state index in [1.807, 2.05) is 12.1 Å². The first-order valence-corrected chi connectivity index (χ1v) is 6.23. The molecule has 4 nitrogen and oxygen atoms in total. The Labute approximate surface area is 106 Å². The molecule has 0 spiro atoms. The number of benzene rings is 1. The lowest BCUT2D eigenvalue weighted by Gasteiger charge is -2.24. The molecule has 4 heteroatoms. The summed E-state index contributed by atoms with van der Waals surface area (Å²) in [5.41, 5.74) is 2.56. The quantitative estimate of drug-likeness (QED) is 0.851. The Kier molecular flexibility index (Phi) is 3.97. The number of hydrogen-bond donors (Lipinski definition) is 2. The van der Waals surface area contributed by atoms with Crippen LogP contribution in [0.5, 0.6) is 0 Å². The van der Waals surface area contributed by atoms with Crippen molar-refractivity contribution in [1.29, 1.82) is 0 Å². The zero-order valence-electron chi connectivity index (χ0n) is 10.2. The summed E-state index contributed by atoms with van der Waals surface area (Å²) in [5, 5.41) is 10.9. The molecule has 1 aromatic rings. The van der Waals surface area contributed by atoms with Crippen LogP contribution in [0.4, 0.5) is 0 Å². The number of amides is 1. The molecule has 0 bridgehead atoms. The first kappa shape index (κ1) is 12.6. The van der Waals surface area contributed by atoms with Crippen molar-refractivity contribution in [2.75, 3.05) is 6.54 Å². The standard InChI is InChI=1S/C14H17NO3/c16-13(15-9-14(17)18)8-11-6-3-5-10-4-1-2-7-12(10)11/h1-2,4,7,11H,3,5-6,8-9H2,(H,15,16)(H,17,18). The van der Waals surface area contributed by atoms with E-state index in [0.29, 0.717) is 6.42 Å². The first-order chi connectivity index (χ1) is 8.66. The van der Waals surface area contributed by atoms with E-state index in [4.69, 9.17) is 5.11 Å². The maximum absolute atomic E-state index is 11.7. The molecule has 1 aliphatic carbocycles. The molecule has 1 unspecified atom stereocenters. The number of carbonyl (C=O) groups is 2. The average Bonchev–Trinajstić information content (AvgIpc) is 2.37. The molecule has 1 amide bonds. The Hall–Kier alpha value is -1.84. The van der Waals surface area contributed by atoms with Gasteiger partial charge in [0.2, 0.25) is 5.91 Å². The molecule has 18 heavy (non-hydrogen) atoms. The molecule has 1 aromatic carbocycles. The van der Waals surface area contributed by atoms with Gasteiger partial charge in [-0.25, -0.2) is 0 Å². The van der Waals surface area contributed by atoms with E-state index in [9.17, 15) is 9.59 Å². The number of fused-ring (bicyclic) bond motifs is 1. The van der Waals surface area contributed by atoms with Crippen molar-refractivity contribution >= 4 is 11.9 Å². The highest BCUT2D eigenvalue weighted by atomic mass is 16.4. The zero-order chi connectivity index (χ0) is 13.0. The highest BCUT2D eigenvalue weighted by Crippen LogP contribution is 2.33. The number of carbonyl (C=O) groups excluding carboxylic acids is 1. The van der Waals surface area contributed by atoms with E-state index in [1.165, 1.54) is 11.1 Å². The Morgan fingerprint density at radius 1 is 1.33 bits per heavy atom. The minimum absolute atomic E-state index is 0.181. The monoisotopic (exact) mass is 247 g/mol. The lowest BCUT2D eigenvalue weighted by atomic mass is 9.81. The van der Waals surface area contributed by atoms with Crippen LogP contribution in [0.15, 0.2) is 24.3 Å². The number of rotatable bonds is 4. The molecular formula is C14H17NO3. The van der Waals surface area contributed by atoms with Crippen LogP contribution >= 0.6 is 0 Å². The zero-order valence-corrected chi connectivity index (χ0v) is 10.2. The van der Waals surface area contributed by atoms with Gasteiger partial charge in [-0.15, -0.1) is 0 Å². The average molecular weight is 247 g/mol. The third kappa shape index (κ3) is 3.09. The largest absolute Gasteiger partial charge is 0.480 e. The number of carboxylic acid groups (broad SMARTS) is 1. The van der Waals surface area contributed by atoms with Gasteiger partial charge in [0.1, 0.15) is 6.54 Å². The molecule has 96 valence electrons. The first-order valence-electron chi connectivity index (χ1n) is 6.23. The Morgan fingerprint density at radius 3 is 2.89 bits per heavy atom. The summed E-state index contributed by atoms with van der Waals surface area (Å²) in [5.74, 6) is -0.963. The number of hydrogen-bond acceptors (Lipinski definition) is 2. The fourth-order valence-corrected chi connectivity index (χ4v) is 2.54. The van der Waals surface area contributed by atoms with Crippen LogP contribution in [-0.2, 0) is 16.0 Å². The number of nitrogens with one attached hydrogen (secondary N) is 1. The third-order valence-electron chi connectivity index (χ3n) is 3.36. The highest BCUT2D eigenvalue weighted by molar-refractivity contribution is 5.81. The second-order valence-electron chi connectivity index (χ2n) is 4.66. The number of aryl methyl sites for hydroxylation is 1. The van der Waals surface area contributed by atoms with E-state index in [1.54, 1.807) is 0 Å². The van der Waals surface area contributed by atoms with Crippen LogP contribution in [0.25, 0.3) is 0 Å². The van der Waals surface area contributed by atoms with Crippen LogP contribution in [-0.4, -0.2) is 23.5 Å². The molecule has 0 fully saturated rings. The van der Waals surface area contributed by atoms with E-state index >= 15 is 0 Å². The van der Waals surface area contributed by atoms with Gasteiger partial charge in [0.25, 0.3) is 0 Å². The molecule has 0 saturated carbocycles. The van der Waals surface area contributed by atoms with Crippen LogP contribution in [0.2, 0.25) is 0 Å². The van der Waals surface area contributed by atoms with Crippen molar-refractivity contribution in [1.82, 2.24) is 5.32 Å². The molecule has 0 aliphatic heterocycles. The van der Waals surface area contributed by atoms with Gasteiger partial charge in [-0.3, -0.25) is 9.59 Å². The van der Waals surface area contributed by atoms with Crippen molar-refractivity contribution < 1.29 is 14.7 Å². The van der Waals surface area contributed by atoms with Crippen molar-refractivity contribution in [2.45, 2.75) is 31.6 Å². The summed E-state index contributed by atoms with van der Waals surface area (Å²) < 4.78 is 0. The molecule has 0 saturated heterocycles. The van der Waals surface area contributed by atoms with E-state index in [0.717, 1.165) is 19.3 Å². The van der Waals surface area contributed by atoms with Gasteiger partial charge in [-0.2, -0.15) is 0 Å². The molecule has 0 radical (unpaired) electrons. The second-order valence-corrected chi connectivity index (χ2v) is 4.66. The molecule has 2 rings (SSSR count). The number of aliphatic carboxylic acids is 1. The van der Waals surface area contributed by atoms with Gasteiger partial charge in [0, 0.05) is 6.42 Å². The fraction of sp³-hybridized carbons (Fsp3) is 0.429. The summed E-state index contributed by atoms with van der Waals surface area (Å²) >= 11 is 0. The SMILES string of the molecule is O=C(O)CNC(=O)CC1CCCc2ccccc21. The molecular weight excluding hydrogens is 230 g/mol. The maximum Gasteiger partial charge on any atom is 0.322 e. The van der Waals surface area contributed by atoms with E-state index in [-0.39, 0.29) is 18.4 Å². The lowest BCUT2D eigenvalue weighted by Crippen LogP contribution is -2.30. The van der Waals surface area contributed by atoms with Gasteiger partial charge in [0.15, 0.2) is 0 Å². The van der Waals surface area contributed by atoms with E-state index < -0.39 is 5.97 Å². The van der Waals surface area contributed by atoms with Crippen LogP contribution < -0.4 is 5.32 Å². The predicted molar refractivity (Wildman–Crippen MR) is 67.4 cm³/mol. The summed E-state index contributed by atoms with van der Waals surface area (Å²) in [4.78, 5) is 22.0. The third-order valence-corrected chi connectivity index (χ3v) is 3.36. The topological polar surface area (TPSA) is 66.4 Å². The molecule has 1 atom stereocenters. The Balaban J connectivity index is 1.98. The maximum atomic E-state index is 11.7. The Bertz CT molecular complexity index is 456. The highest BCUT2D eigenvalue weighted by Gasteiger charge is 2.22. The van der Waals surface area contributed by atoms with Gasteiger partial charge in [-0.05, 0) is 36.3 Å². The fourth-order valence-electron chi connectivity index (χ4n) is 2.54. The smallest absolute Gasteiger partial charge is 0.322 e. The van der Waals surface area contributed by atoms with Crippen LogP contribution in [0.3, 0.4) is 0 Å². The van der Waals surface area contributed by atoms with Crippen LogP contribution in [0.1, 0.15) is 36.3 Å². The minimum atomic E-state index is -1.01. The summed E-state index contributed by atoms with van der Waals surface area (Å²) in [6.45, 7) is -0.298. The summed E-state index contributed by atoms with van der Waals surface area (Å²) in [6.07, 6.45) is 3.54. The lowest BCUT2D eigenvalue weighted by molar-refractivity contribution is -0.138. The molecule has 2 N–H and O–H groups in total. The predicted octanol–water partition coefficient (Wildman–Crippen LogP) is 1.70. The summed E-state index contributed by atoms with van der Waals surface area (Å²) in [6, 6.07) is 8.19. The van der Waals surface area contributed by atoms with Crippen LogP contribution in [0, 0.1) is 0 Å². The van der Waals surface area contributed by atoms with Crippen molar-refractivity contribution in [3.05, 3.63) is 35.4 Å². The molecule has 0 aromatic heterocycles. The van der Waals surface area contributed by atoms with Crippen molar-refractivity contribution in [3.63, 3.8) is 0 Å². The minimum Gasteiger partial charge on any atom is -0.480 e. The van der Waals surface area contributed by atoms with E-state index in [2.05, 4.69) is 17.4 Å².